The van der Waals surface area contributed by atoms with Crippen LogP contribution in [0, 0.1) is 0 Å². The molecular weight excluding hydrogens is 572 g/mol. The van der Waals surface area contributed by atoms with Crippen molar-refractivity contribution in [1.82, 2.24) is 30.0 Å². The molecule has 2 unspecified atom stereocenters. The van der Waals surface area contributed by atoms with Crippen LogP contribution < -0.4 is 22.2 Å². The minimum atomic E-state index is -1.32. The van der Waals surface area contributed by atoms with Gasteiger partial charge < -0.3 is 21.0 Å². The van der Waals surface area contributed by atoms with E-state index in [0.29, 0.717) is 5.57 Å². The van der Waals surface area contributed by atoms with Gasteiger partial charge in [-0.1, -0.05) is 16.9 Å². The Balaban J connectivity index is 1.53. The van der Waals surface area contributed by atoms with Crippen molar-refractivity contribution in [2.45, 2.75) is 36.5 Å². The molecule has 2 aliphatic heterocycles. The molecule has 0 bridgehead atoms. The summed E-state index contributed by atoms with van der Waals surface area (Å²) in [6.45, 7) is 3.45. The number of carboxylic acids is 1. The predicted octanol–water partition coefficient (Wildman–Crippen LogP) is -0.0537. The Labute approximate surface area is 232 Å². The van der Waals surface area contributed by atoms with Crippen LogP contribution in [0.5, 0.6) is 0 Å². The van der Waals surface area contributed by atoms with Crippen LogP contribution >= 0.6 is 34.9 Å². The Hall–Kier alpha value is -3.90. The second-order valence-electron chi connectivity index (χ2n) is 8.26. The number of aliphatic carboxylic acids is 1. The lowest BCUT2D eigenvalue weighted by Gasteiger charge is -2.49. The van der Waals surface area contributed by atoms with Gasteiger partial charge in [0.1, 0.15) is 29.9 Å². The topological polar surface area (TPSA) is 215 Å². The summed E-state index contributed by atoms with van der Waals surface area (Å²) < 4.78 is 1.22. The zero-order chi connectivity index (χ0) is 28.4. The molecule has 1 fully saturated rings. The highest BCUT2D eigenvalue weighted by Crippen LogP contribution is 2.41. The average Bonchev–Trinajstić information content (AvgIpc) is 3.32. The van der Waals surface area contributed by atoms with Gasteiger partial charge in [-0.25, -0.2) is 14.9 Å². The van der Waals surface area contributed by atoms with E-state index in [-0.39, 0.29) is 39.2 Å². The number of carbonyl (C=O) groups excluding carboxylic acids is 2. The number of thioether (sulfide) groups is 2. The molecule has 2 amide bonds. The summed E-state index contributed by atoms with van der Waals surface area (Å²) in [5, 5.41) is 25.0. The maximum absolute atomic E-state index is 13.0. The number of hydrogen-bond donors (Lipinski definition) is 4. The Morgan fingerprint density at radius 1 is 1.38 bits per heavy atom. The molecule has 0 aliphatic carbocycles. The maximum atomic E-state index is 13.0. The fraction of sp³-hybridized carbons (Fsp3) is 0.333. The molecule has 4 heterocycles. The Bertz CT molecular complexity index is 1540. The van der Waals surface area contributed by atoms with Crippen molar-refractivity contribution in [2.75, 3.05) is 18.6 Å². The van der Waals surface area contributed by atoms with Gasteiger partial charge in [0.15, 0.2) is 16.0 Å². The summed E-state index contributed by atoms with van der Waals surface area (Å²) in [5.41, 5.74) is 4.15. The van der Waals surface area contributed by atoms with E-state index in [0.717, 1.165) is 28.0 Å². The highest BCUT2D eigenvalue weighted by Gasteiger charge is 2.54. The highest BCUT2D eigenvalue weighted by molar-refractivity contribution is 8.02. The van der Waals surface area contributed by atoms with Crippen molar-refractivity contribution in [2.24, 2.45) is 5.16 Å². The number of H-pyrrole nitrogens is 1. The van der Waals surface area contributed by atoms with Crippen LogP contribution in [0.3, 0.4) is 0 Å². The summed E-state index contributed by atoms with van der Waals surface area (Å²) >= 11 is 3.37. The number of nitrogens with zero attached hydrogens (tertiary/aromatic N) is 5. The molecule has 18 heteroatoms. The normalized spacial score (nSPS) is 19.3. The second kappa shape index (κ2) is 11.5. The first-order valence-corrected chi connectivity index (χ1v) is 13.9. The Morgan fingerprint density at radius 3 is 2.74 bits per heavy atom. The second-order valence-corrected chi connectivity index (χ2v) is 11.1. The standard InChI is InChI=1S/C21H22N8O7S3/c1-8(2)28-17(33)15(31)25-26-21(28)37-5-4-9-6-38-18-12(16(32)29(18)13(9)19(34)35)24-14(30)11(27-36-3)10-7-39-20(22)23-10/h4-5,7-8,12,18H,6H2,1-3H3,(H2,22,23)(H,24,30)(H,25,31)(H,34,35)/b5-4+,27-11-. The zero-order valence-electron chi connectivity index (χ0n) is 20.6. The Morgan fingerprint density at radius 2 is 2.13 bits per heavy atom. The molecule has 0 radical (unpaired) electrons. The number of oxime groups is 1. The van der Waals surface area contributed by atoms with Gasteiger partial charge in [-0.05, 0) is 30.9 Å². The molecule has 1 saturated heterocycles. The quantitative estimate of drug-likeness (QED) is 0.0988. The van der Waals surface area contributed by atoms with E-state index in [1.54, 1.807) is 13.8 Å². The van der Waals surface area contributed by atoms with E-state index in [9.17, 15) is 29.1 Å². The fourth-order valence-electron chi connectivity index (χ4n) is 3.78. The average molecular weight is 595 g/mol. The van der Waals surface area contributed by atoms with Crippen LogP contribution in [0.4, 0.5) is 5.13 Å². The smallest absolute Gasteiger partial charge is 0.352 e. The van der Waals surface area contributed by atoms with Gasteiger partial charge in [-0.15, -0.1) is 28.2 Å². The number of allylic oxidation sites excluding steroid dienone is 1. The van der Waals surface area contributed by atoms with E-state index in [1.165, 1.54) is 40.3 Å². The molecule has 2 aromatic rings. The molecule has 39 heavy (non-hydrogen) atoms. The van der Waals surface area contributed by atoms with Crippen LogP contribution in [-0.2, 0) is 19.2 Å². The summed E-state index contributed by atoms with van der Waals surface area (Å²) in [6.07, 6.45) is 1.51. The van der Waals surface area contributed by atoms with Crippen molar-refractivity contribution in [3.05, 3.63) is 54.5 Å². The number of carboxylic acid groups (broad SMARTS) is 1. The largest absolute Gasteiger partial charge is 0.477 e. The first-order chi connectivity index (χ1) is 18.5. The van der Waals surface area contributed by atoms with Gasteiger partial charge in [0, 0.05) is 17.2 Å². The summed E-state index contributed by atoms with van der Waals surface area (Å²) in [7, 11) is 1.25. The molecule has 206 valence electrons. The molecular formula is C21H22N8O7S3. The third-order valence-corrected chi connectivity index (χ3v) is 8.23. The summed E-state index contributed by atoms with van der Waals surface area (Å²) in [6, 6.07) is -1.34. The van der Waals surface area contributed by atoms with Gasteiger partial charge in [-0.3, -0.25) is 28.6 Å². The molecule has 5 N–H and O–H groups in total. The number of aromatic amines is 1. The number of nitrogens with one attached hydrogen (secondary N) is 2. The molecule has 0 spiro atoms. The summed E-state index contributed by atoms with van der Waals surface area (Å²) in [5.74, 6) is -2.43. The lowest BCUT2D eigenvalue weighted by Crippen LogP contribution is -2.71. The highest BCUT2D eigenvalue weighted by atomic mass is 32.2. The monoisotopic (exact) mass is 594 g/mol. The Kier molecular flexibility index (Phi) is 8.26. The van der Waals surface area contributed by atoms with Gasteiger partial charge in [-0.2, -0.15) is 0 Å². The van der Waals surface area contributed by atoms with E-state index in [4.69, 9.17) is 10.6 Å². The number of hydrogen-bond acceptors (Lipinski definition) is 13. The molecule has 4 rings (SSSR count). The maximum Gasteiger partial charge on any atom is 0.352 e. The molecule has 0 aromatic carbocycles. The number of β-lactam (4-membered cyclic amide) rings is 1. The van der Waals surface area contributed by atoms with Crippen LogP contribution in [-0.4, -0.2) is 77.5 Å². The van der Waals surface area contributed by atoms with E-state index in [2.05, 4.69) is 25.7 Å². The van der Waals surface area contributed by atoms with Crippen molar-refractivity contribution in [1.29, 1.82) is 0 Å². The molecule has 0 saturated carbocycles. The summed E-state index contributed by atoms with van der Waals surface area (Å²) in [4.78, 5) is 71.7. The number of rotatable bonds is 9. The molecule has 2 atom stereocenters. The van der Waals surface area contributed by atoms with E-state index >= 15 is 0 Å². The van der Waals surface area contributed by atoms with Gasteiger partial charge in [0.2, 0.25) is 0 Å². The molecule has 2 aromatic heterocycles. The van der Waals surface area contributed by atoms with Crippen molar-refractivity contribution in [3.8, 4) is 0 Å². The minimum absolute atomic E-state index is 0.174. The predicted molar refractivity (Wildman–Crippen MR) is 144 cm³/mol. The first-order valence-electron chi connectivity index (χ1n) is 11.1. The van der Waals surface area contributed by atoms with Gasteiger partial charge in [0.05, 0.1) is 0 Å². The van der Waals surface area contributed by atoms with Crippen LogP contribution in [0.1, 0.15) is 25.6 Å². The van der Waals surface area contributed by atoms with Crippen molar-refractivity contribution < 1.29 is 24.3 Å². The van der Waals surface area contributed by atoms with Gasteiger partial charge in [0.25, 0.3) is 11.8 Å². The molecule has 15 nitrogen and oxygen atoms in total. The number of thiazole rings is 1. The van der Waals surface area contributed by atoms with Gasteiger partial charge >= 0.3 is 17.1 Å². The first kappa shape index (κ1) is 28.1. The fourth-order valence-corrected chi connectivity index (χ4v) is 6.51. The third-order valence-electron chi connectivity index (χ3n) is 5.48. The van der Waals surface area contributed by atoms with Crippen molar-refractivity contribution in [3.63, 3.8) is 0 Å². The molecule has 2 aliphatic rings. The van der Waals surface area contributed by atoms with E-state index < -0.39 is 40.3 Å². The van der Waals surface area contributed by atoms with Crippen LogP contribution in [0.25, 0.3) is 0 Å². The number of nitrogens with two attached hydrogens (primary N) is 1. The van der Waals surface area contributed by atoms with E-state index in [1.807, 2.05) is 0 Å². The SMILES string of the molecule is CO/N=C(\C(=O)NC1C(=O)N2C(C(=O)O)=C(/C=C/Sc3n[nH]c(=O)c(=O)n3C(C)C)CSC12)c1csc(N)n1. The van der Waals surface area contributed by atoms with Crippen LogP contribution in [0.15, 0.2) is 48.0 Å². The number of amides is 2. The number of carbonyl (C=O) groups is 3. The lowest BCUT2D eigenvalue weighted by atomic mass is 10.0. The lowest BCUT2D eigenvalue weighted by molar-refractivity contribution is -0.150. The zero-order valence-corrected chi connectivity index (χ0v) is 23.1. The third kappa shape index (κ3) is 5.48. The van der Waals surface area contributed by atoms with Crippen molar-refractivity contribution >= 4 is 63.5 Å². The number of nitrogen functional groups attached to an aromatic ring is 1. The number of fused-ring (bicyclic) bond motifs is 1. The number of anilines is 1. The van der Waals surface area contributed by atoms with Crippen LogP contribution in [0.2, 0.25) is 0 Å². The number of aromatic nitrogens is 4. The minimum Gasteiger partial charge on any atom is -0.477 e.